The fourth-order valence-corrected chi connectivity index (χ4v) is 2.43. The van der Waals surface area contributed by atoms with Gasteiger partial charge in [0.15, 0.2) is 0 Å². The van der Waals surface area contributed by atoms with Crippen molar-refractivity contribution in [1.29, 1.82) is 0 Å². The van der Waals surface area contributed by atoms with E-state index in [9.17, 15) is 15.2 Å². The van der Waals surface area contributed by atoms with Gasteiger partial charge < -0.3 is 15.3 Å². The van der Waals surface area contributed by atoms with E-state index < -0.39 is 10.5 Å². The van der Waals surface area contributed by atoms with Gasteiger partial charge in [0.25, 0.3) is 0 Å². The van der Waals surface area contributed by atoms with Crippen molar-refractivity contribution in [3.05, 3.63) is 22.2 Å². The van der Waals surface area contributed by atoms with Crippen molar-refractivity contribution < 1.29 is 10.0 Å². The molecule has 1 aliphatic rings. The Balaban J connectivity index is 2.32. The summed E-state index contributed by atoms with van der Waals surface area (Å²) < 4.78 is 0. The lowest BCUT2D eigenvalue weighted by Gasteiger charge is -2.23. The van der Waals surface area contributed by atoms with Crippen molar-refractivity contribution >= 4 is 17.3 Å². The normalized spacial score (nSPS) is 23.2. The van der Waals surface area contributed by atoms with Crippen LogP contribution < -0.4 is 10.2 Å². The topological polar surface area (TPSA) is 91.5 Å². The molecule has 1 saturated heterocycles. The van der Waals surface area contributed by atoms with Gasteiger partial charge in [-0.2, -0.15) is 0 Å². The van der Waals surface area contributed by atoms with E-state index in [-0.39, 0.29) is 5.69 Å². The van der Waals surface area contributed by atoms with Gasteiger partial charge in [0.2, 0.25) is 5.82 Å². The largest absolute Gasteiger partial charge is 0.390 e. The number of hydrogen-bond donors (Lipinski definition) is 2. The molecule has 0 spiro atoms. The van der Waals surface area contributed by atoms with Crippen molar-refractivity contribution in [3.8, 4) is 0 Å². The summed E-state index contributed by atoms with van der Waals surface area (Å²) in [5.41, 5.74) is -0.699. The Bertz CT molecular complexity index is 504. The summed E-state index contributed by atoms with van der Waals surface area (Å²) in [4.78, 5) is 16.9. The highest BCUT2D eigenvalue weighted by Crippen LogP contribution is 2.31. The molecular weight excluding hydrogens is 260 g/mol. The number of pyridine rings is 1. The molecule has 0 saturated carbocycles. The van der Waals surface area contributed by atoms with Crippen LogP contribution in [-0.2, 0) is 0 Å². The van der Waals surface area contributed by atoms with Crippen LogP contribution in [0.4, 0.5) is 17.3 Å². The summed E-state index contributed by atoms with van der Waals surface area (Å²) in [5.74, 6) is 0.973. The van der Waals surface area contributed by atoms with Gasteiger partial charge in [-0.25, -0.2) is 4.98 Å². The minimum Gasteiger partial charge on any atom is -0.390 e. The number of anilines is 2. The van der Waals surface area contributed by atoms with Crippen LogP contribution in [0.3, 0.4) is 0 Å². The van der Waals surface area contributed by atoms with E-state index in [0.717, 1.165) is 6.42 Å². The van der Waals surface area contributed by atoms with Gasteiger partial charge in [-0.1, -0.05) is 0 Å². The first-order valence-electron chi connectivity index (χ1n) is 6.73. The zero-order valence-corrected chi connectivity index (χ0v) is 11.8. The predicted molar refractivity (Wildman–Crippen MR) is 77.1 cm³/mol. The lowest BCUT2D eigenvalue weighted by atomic mass is 9.98. The van der Waals surface area contributed by atoms with Gasteiger partial charge in [-0.3, -0.25) is 10.1 Å². The maximum atomic E-state index is 11.1. The Morgan fingerprint density at radius 2 is 2.20 bits per heavy atom. The number of aliphatic hydroxyl groups is 1. The SMILES string of the molecule is CNc1ccc([N+](=O)[O-])c(N2CCCC(C)(O)CC2)n1. The van der Waals surface area contributed by atoms with E-state index in [1.54, 1.807) is 13.1 Å². The first-order valence-corrected chi connectivity index (χ1v) is 6.73. The molecule has 7 heteroatoms. The molecule has 1 atom stereocenters. The second-order valence-electron chi connectivity index (χ2n) is 5.38. The molecule has 7 nitrogen and oxygen atoms in total. The van der Waals surface area contributed by atoms with Gasteiger partial charge in [0.05, 0.1) is 10.5 Å². The molecule has 0 aromatic carbocycles. The molecule has 1 aromatic rings. The molecule has 2 heterocycles. The third-order valence-corrected chi connectivity index (χ3v) is 3.67. The van der Waals surface area contributed by atoms with E-state index >= 15 is 0 Å². The molecule has 1 unspecified atom stereocenters. The summed E-state index contributed by atoms with van der Waals surface area (Å²) in [5, 5.41) is 24.1. The highest BCUT2D eigenvalue weighted by molar-refractivity contribution is 5.61. The molecule has 0 aliphatic carbocycles. The molecular formula is C13H20N4O3. The minimum absolute atomic E-state index is 0.00513. The predicted octanol–water partition coefficient (Wildman–Crippen LogP) is 1.77. The number of nitrogens with one attached hydrogen (secondary N) is 1. The summed E-state index contributed by atoms with van der Waals surface area (Å²) in [6.45, 7) is 3.04. The van der Waals surface area contributed by atoms with E-state index in [4.69, 9.17) is 0 Å². The van der Waals surface area contributed by atoms with Gasteiger partial charge >= 0.3 is 5.69 Å². The molecule has 2 rings (SSSR count). The molecule has 0 amide bonds. The average molecular weight is 280 g/mol. The quantitative estimate of drug-likeness (QED) is 0.647. The summed E-state index contributed by atoms with van der Waals surface area (Å²) >= 11 is 0. The molecule has 1 aromatic heterocycles. The maximum Gasteiger partial charge on any atom is 0.311 e. The second-order valence-corrected chi connectivity index (χ2v) is 5.38. The van der Waals surface area contributed by atoms with Gasteiger partial charge in [-0.05, 0) is 32.3 Å². The van der Waals surface area contributed by atoms with E-state index in [2.05, 4.69) is 10.3 Å². The van der Waals surface area contributed by atoms with E-state index in [0.29, 0.717) is 37.6 Å². The zero-order chi connectivity index (χ0) is 14.8. The van der Waals surface area contributed by atoms with Crippen LogP contribution in [0.15, 0.2) is 12.1 Å². The van der Waals surface area contributed by atoms with Crippen molar-refractivity contribution in [3.63, 3.8) is 0 Å². The minimum atomic E-state index is -0.704. The highest BCUT2D eigenvalue weighted by atomic mass is 16.6. The van der Waals surface area contributed by atoms with Crippen LogP contribution in [0, 0.1) is 10.1 Å². The lowest BCUT2D eigenvalue weighted by molar-refractivity contribution is -0.384. The Labute approximate surface area is 117 Å². The molecule has 1 aliphatic heterocycles. The zero-order valence-electron chi connectivity index (χ0n) is 11.8. The van der Waals surface area contributed by atoms with E-state index in [1.807, 2.05) is 11.8 Å². The summed E-state index contributed by atoms with van der Waals surface area (Å²) in [6, 6.07) is 3.06. The molecule has 2 N–H and O–H groups in total. The first kappa shape index (κ1) is 14.5. The van der Waals surface area contributed by atoms with Crippen molar-refractivity contribution in [2.24, 2.45) is 0 Å². The number of nitro groups is 1. The first-order chi connectivity index (χ1) is 9.43. The van der Waals surface area contributed by atoms with E-state index in [1.165, 1.54) is 6.07 Å². The Kier molecular flexibility index (Phi) is 4.08. The van der Waals surface area contributed by atoms with Gasteiger partial charge in [0.1, 0.15) is 5.82 Å². The Hall–Kier alpha value is -1.89. The fraction of sp³-hybridized carbons (Fsp3) is 0.615. The monoisotopic (exact) mass is 280 g/mol. The summed E-state index contributed by atoms with van der Waals surface area (Å²) in [7, 11) is 1.73. The molecule has 0 bridgehead atoms. The van der Waals surface area contributed by atoms with Crippen LogP contribution in [0.1, 0.15) is 26.2 Å². The van der Waals surface area contributed by atoms with Crippen molar-refractivity contribution in [2.45, 2.75) is 31.8 Å². The van der Waals surface area contributed by atoms with Gasteiger partial charge in [0, 0.05) is 26.2 Å². The maximum absolute atomic E-state index is 11.1. The van der Waals surface area contributed by atoms with Crippen LogP contribution in [0.2, 0.25) is 0 Å². The number of aromatic nitrogens is 1. The smallest absolute Gasteiger partial charge is 0.311 e. The summed E-state index contributed by atoms with van der Waals surface area (Å²) in [6.07, 6.45) is 2.06. The number of rotatable bonds is 3. The number of nitrogens with zero attached hydrogens (tertiary/aromatic N) is 3. The average Bonchev–Trinajstić information content (AvgIpc) is 2.58. The molecule has 0 radical (unpaired) electrons. The molecule has 110 valence electrons. The van der Waals surface area contributed by atoms with Gasteiger partial charge in [-0.15, -0.1) is 0 Å². The number of hydrogen-bond acceptors (Lipinski definition) is 6. The van der Waals surface area contributed by atoms with Crippen molar-refractivity contribution in [1.82, 2.24) is 4.98 Å². The second kappa shape index (κ2) is 5.62. The molecule has 1 fully saturated rings. The fourth-order valence-electron chi connectivity index (χ4n) is 2.43. The molecule has 20 heavy (non-hydrogen) atoms. The Morgan fingerprint density at radius 3 is 2.85 bits per heavy atom. The lowest BCUT2D eigenvalue weighted by Crippen LogP contribution is -2.29. The van der Waals surface area contributed by atoms with Crippen molar-refractivity contribution in [2.75, 3.05) is 30.4 Å². The van der Waals surface area contributed by atoms with Crippen LogP contribution >= 0.6 is 0 Å². The highest BCUT2D eigenvalue weighted by Gasteiger charge is 2.29. The van der Waals surface area contributed by atoms with Crippen LogP contribution in [0.25, 0.3) is 0 Å². The van der Waals surface area contributed by atoms with Crippen LogP contribution in [-0.4, -0.2) is 40.8 Å². The Morgan fingerprint density at radius 1 is 1.45 bits per heavy atom. The standard InChI is InChI=1S/C13H20N4O3/c1-13(18)6-3-8-16(9-7-13)12-10(17(19)20)4-5-11(14-2)15-12/h4-5,18H,3,6-9H2,1-2H3,(H,14,15). The third-order valence-electron chi connectivity index (χ3n) is 3.67. The van der Waals surface area contributed by atoms with Crippen LogP contribution in [0.5, 0.6) is 0 Å². The third kappa shape index (κ3) is 3.16.